The minimum atomic E-state index is -1.05. The molecule has 0 spiro atoms. The van der Waals surface area contributed by atoms with Crippen LogP contribution in [0.1, 0.15) is 18.1 Å². The summed E-state index contributed by atoms with van der Waals surface area (Å²) in [4.78, 5) is 26.2. The largest absolute Gasteiger partial charge is 0.477 e. The van der Waals surface area contributed by atoms with Crippen molar-refractivity contribution in [2.75, 3.05) is 0 Å². The number of carbonyl (C=O) groups excluding carboxylic acids is 1. The second-order valence-corrected chi connectivity index (χ2v) is 8.55. The summed E-state index contributed by atoms with van der Waals surface area (Å²) in [6, 6.07) is 17.3. The molecule has 4 aromatic rings. The molecule has 4 rings (SSSR count). The summed E-state index contributed by atoms with van der Waals surface area (Å²) >= 11 is 12.0. The Labute approximate surface area is 200 Å². The standard InChI is InChI=1S/C26H20Cl2O5/c1-14-4-7-17(8-5-14)24-25(23(29)19-10-6-15(2)12-22(19)32-24)33-26(30)16(3)31-21-11-9-18(27)13-20(21)28/h4-13,16H,1-3H3/t16-/m0/s1. The van der Waals surface area contributed by atoms with Gasteiger partial charge in [-0.25, -0.2) is 4.79 Å². The molecule has 0 amide bonds. The predicted octanol–water partition coefficient (Wildman–Crippen LogP) is 6.76. The molecule has 5 nitrogen and oxygen atoms in total. The van der Waals surface area contributed by atoms with Gasteiger partial charge in [-0.2, -0.15) is 0 Å². The van der Waals surface area contributed by atoms with E-state index in [2.05, 4.69) is 0 Å². The smallest absolute Gasteiger partial charge is 0.352 e. The Balaban J connectivity index is 1.73. The van der Waals surface area contributed by atoms with E-state index in [0.29, 0.717) is 21.6 Å². The molecule has 0 unspecified atom stereocenters. The number of hydrogen-bond acceptors (Lipinski definition) is 5. The summed E-state index contributed by atoms with van der Waals surface area (Å²) in [5.41, 5.74) is 2.55. The van der Waals surface area contributed by atoms with Crippen molar-refractivity contribution in [3.63, 3.8) is 0 Å². The molecule has 168 valence electrons. The molecule has 33 heavy (non-hydrogen) atoms. The normalized spacial score (nSPS) is 11.9. The molecule has 0 radical (unpaired) electrons. The molecule has 0 saturated heterocycles. The Hall–Kier alpha value is -3.28. The van der Waals surface area contributed by atoms with Crippen LogP contribution in [0.25, 0.3) is 22.3 Å². The maximum absolute atomic E-state index is 13.3. The Bertz CT molecular complexity index is 1410. The third-order valence-corrected chi connectivity index (χ3v) is 5.58. The number of hydrogen-bond donors (Lipinski definition) is 0. The maximum atomic E-state index is 13.3. The topological polar surface area (TPSA) is 65.7 Å². The van der Waals surface area contributed by atoms with Gasteiger partial charge in [-0.1, -0.05) is 59.1 Å². The Kier molecular flexibility index (Phi) is 6.45. The van der Waals surface area contributed by atoms with E-state index in [4.69, 9.17) is 37.1 Å². The van der Waals surface area contributed by atoms with Crippen molar-refractivity contribution >= 4 is 40.1 Å². The number of esters is 1. The molecule has 3 aromatic carbocycles. The highest BCUT2D eigenvalue weighted by molar-refractivity contribution is 6.35. The van der Waals surface area contributed by atoms with Gasteiger partial charge in [0.1, 0.15) is 11.3 Å². The average Bonchev–Trinajstić information content (AvgIpc) is 2.77. The lowest BCUT2D eigenvalue weighted by atomic mass is 10.1. The van der Waals surface area contributed by atoms with Gasteiger partial charge in [0, 0.05) is 10.6 Å². The van der Waals surface area contributed by atoms with E-state index in [1.165, 1.54) is 13.0 Å². The first kappa shape index (κ1) is 22.9. The lowest BCUT2D eigenvalue weighted by Gasteiger charge is -2.16. The molecule has 7 heteroatoms. The zero-order chi connectivity index (χ0) is 23.7. The van der Waals surface area contributed by atoms with Gasteiger partial charge in [0.05, 0.1) is 10.4 Å². The summed E-state index contributed by atoms with van der Waals surface area (Å²) < 4.78 is 17.3. The third-order valence-electron chi connectivity index (χ3n) is 5.05. The quantitative estimate of drug-likeness (QED) is 0.294. The lowest BCUT2D eigenvalue weighted by molar-refractivity contribution is -0.141. The fraction of sp³-hybridized carbons (Fsp3) is 0.154. The summed E-state index contributed by atoms with van der Waals surface area (Å²) in [7, 11) is 0. The van der Waals surface area contributed by atoms with Crippen molar-refractivity contribution < 1.29 is 18.7 Å². The van der Waals surface area contributed by atoms with E-state index in [1.54, 1.807) is 42.5 Å². The molecular weight excluding hydrogens is 463 g/mol. The van der Waals surface area contributed by atoms with Gasteiger partial charge in [-0.15, -0.1) is 0 Å². The van der Waals surface area contributed by atoms with Gasteiger partial charge in [0.15, 0.2) is 11.9 Å². The van der Waals surface area contributed by atoms with Crippen LogP contribution < -0.4 is 14.9 Å². The third kappa shape index (κ3) is 4.90. The van der Waals surface area contributed by atoms with Crippen LogP contribution in [0.2, 0.25) is 10.0 Å². The van der Waals surface area contributed by atoms with Crippen molar-refractivity contribution in [3.8, 4) is 22.8 Å². The Morgan fingerprint density at radius 3 is 2.33 bits per heavy atom. The Morgan fingerprint density at radius 1 is 0.939 bits per heavy atom. The molecule has 0 aliphatic heterocycles. The average molecular weight is 483 g/mol. The van der Waals surface area contributed by atoms with Crippen LogP contribution in [0, 0.1) is 13.8 Å². The zero-order valence-electron chi connectivity index (χ0n) is 18.1. The minimum Gasteiger partial charge on any atom is -0.477 e. The van der Waals surface area contributed by atoms with Gasteiger partial charge in [-0.3, -0.25) is 4.79 Å². The van der Waals surface area contributed by atoms with Crippen molar-refractivity contribution in [2.45, 2.75) is 26.9 Å². The molecular formula is C26H20Cl2O5. The van der Waals surface area contributed by atoms with Gasteiger partial charge < -0.3 is 13.9 Å². The zero-order valence-corrected chi connectivity index (χ0v) is 19.7. The highest BCUT2D eigenvalue weighted by Gasteiger charge is 2.25. The second-order valence-electron chi connectivity index (χ2n) is 7.71. The van der Waals surface area contributed by atoms with Crippen LogP contribution in [0.4, 0.5) is 0 Å². The first-order valence-corrected chi connectivity index (χ1v) is 11.0. The monoisotopic (exact) mass is 482 g/mol. The number of aryl methyl sites for hydroxylation is 2. The van der Waals surface area contributed by atoms with Gasteiger partial charge >= 0.3 is 5.97 Å². The fourth-order valence-corrected chi connectivity index (χ4v) is 3.72. The summed E-state index contributed by atoms with van der Waals surface area (Å²) in [6.07, 6.45) is -1.05. The summed E-state index contributed by atoms with van der Waals surface area (Å²) in [5.74, 6) is -0.528. The number of ether oxygens (including phenoxy) is 2. The number of halogens is 2. The van der Waals surface area contributed by atoms with Gasteiger partial charge in [0.25, 0.3) is 0 Å². The number of carbonyl (C=O) groups is 1. The van der Waals surface area contributed by atoms with Crippen LogP contribution in [-0.2, 0) is 4.79 Å². The molecule has 0 aliphatic rings. The summed E-state index contributed by atoms with van der Waals surface area (Å²) in [5, 5.41) is 1.01. The molecule has 0 bridgehead atoms. The highest BCUT2D eigenvalue weighted by atomic mass is 35.5. The van der Waals surface area contributed by atoms with Gasteiger partial charge in [-0.05, 0) is 56.7 Å². The van der Waals surface area contributed by atoms with Gasteiger partial charge in [0.2, 0.25) is 11.2 Å². The van der Waals surface area contributed by atoms with Crippen LogP contribution in [0.15, 0.2) is 69.9 Å². The minimum absolute atomic E-state index is 0.170. The molecule has 1 atom stereocenters. The number of rotatable bonds is 5. The predicted molar refractivity (Wildman–Crippen MR) is 130 cm³/mol. The van der Waals surface area contributed by atoms with Crippen LogP contribution in [0.5, 0.6) is 11.5 Å². The Morgan fingerprint density at radius 2 is 1.64 bits per heavy atom. The second kappa shape index (κ2) is 9.30. The molecule has 1 heterocycles. The summed E-state index contributed by atoms with van der Waals surface area (Å²) in [6.45, 7) is 5.36. The van der Waals surface area contributed by atoms with E-state index in [9.17, 15) is 9.59 Å². The van der Waals surface area contributed by atoms with E-state index >= 15 is 0 Å². The number of benzene rings is 3. The van der Waals surface area contributed by atoms with E-state index in [-0.39, 0.29) is 22.3 Å². The first-order chi connectivity index (χ1) is 15.7. The molecule has 0 aliphatic carbocycles. The van der Waals surface area contributed by atoms with E-state index in [0.717, 1.165) is 11.1 Å². The van der Waals surface area contributed by atoms with Crippen LogP contribution >= 0.6 is 23.2 Å². The molecule has 0 N–H and O–H groups in total. The van der Waals surface area contributed by atoms with Crippen LogP contribution in [0.3, 0.4) is 0 Å². The molecule has 0 saturated carbocycles. The SMILES string of the molecule is Cc1ccc(-c2oc3cc(C)ccc3c(=O)c2OC(=O)[C@H](C)Oc2ccc(Cl)cc2Cl)cc1. The first-order valence-electron chi connectivity index (χ1n) is 10.2. The molecule has 1 aromatic heterocycles. The van der Waals surface area contributed by atoms with Crippen molar-refractivity contribution in [1.29, 1.82) is 0 Å². The molecule has 0 fully saturated rings. The van der Waals surface area contributed by atoms with E-state index in [1.807, 2.05) is 26.0 Å². The highest BCUT2D eigenvalue weighted by Crippen LogP contribution is 2.32. The van der Waals surface area contributed by atoms with Crippen molar-refractivity contribution in [1.82, 2.24) is 0 Å². The van der Waals surface area contributed by atoms with Crippen LogP contribution in [-0.4, -0.2) is 12.1 Å². The van der Waals surface area contributed by atoms with Crippen molar-refractivity contribution in [2.24, 2.45) is 0 Å². The van der Waals surface area contributed by atoms with E-state index < -0.39 is 17.5 Å². The van der Waals surface area contributed by atoms with Crippen molar-refractivity contribution in [3.05, 3.63) is 92.1 Å². The maximum Gasteiger partial charge on any atom is 0.352 e. The lowest BCUT2D eigenvalue weighted by Crippen LogP contribution is -2.30. The fourth-order valence-electron chi connectivity index (χ4n) is 3.26. The number of fused-ring (bicyclic) bond motifs is 1.